The Balaban J connectivity index is 1.87. The molecule has 0 spiro atoms. The highest BCUT2D eigenvalue weighted by atomic mass is 19.3. The Kier molecular flexibility index (Phi) is 8.00. The number of nitrogens with zero attached hydrogens (tertiary/aromatic N) is 5. The second kappa shape index (κ2) is 11.4. The second-order valence-corrected chi connectivity index (χ2v) is 9.69. The van der Waals surface area contributed by atoms with Gasteiger partial charge in [0, 0.05) is 43.1 Å². The zero-order valence-electron chi connectivity index (χ0n) is 22.4. The van der Waals surface area contributed by atoms with E-state index in [1.54, 1.807) is 56.1 Å². The Labute approximate surface area is 229 Å². The number of alkyl halides is 2. The predicted molar refractivity (Wildman–Crippen MR) is 147 cm³/mol. The van der Waals surface area contributed by atoms with Crippen molar-refractivity contribution in [3.05, 3.63) is 77.1 Å². The molecular formula is C29H27F2N7O2. The van der Waals surface area contributed by atoms with Crippen LogP contribution in [0, 0.1) is 17.2 Å². The second-order valence-electron chi connectivity index (χ2n) is 9.69. The summed E-state index contributed by atoms with van der Waals surface area (Å²) in [5.41, 5.74) is 2.30. The number of nitrogens with one attached hydrogen (secondary N) is 2. The van der Waals surface area contributed by atoms with Crippen molar-refractivity contribution in [3.63, 3.8) is 0 Å². The van der Waals surface area contributed by atoms with Crippen LogP contribution in [0.2, 0.25) is 0 Å². The topological polar surface area (TPSA) is 128 Å². The largest absolute Gasteiger partial charge is 0.355 e. The summed E-state index contributed by atoms with van der Waals surface area (Å²) in [6, 6.07) is 14.8. The number of aromatic nitrogens is 4. The van der Waals surface area contributed by atoms with E-state index in [-0.39, 0.29) is 40.9 Å². The Morgan fingerprint density at radius 2 is 1.98 bits per heavy atom. The van der Waals surface area contributed by atoms with Gasteiger partial charge in [0.05, 0.1) is 11.6 Å². The van der Waals surface area contributed by atoms with Gasteiger partial charge in [0.25, 0.3) is 5.92 Å². The number of aldehydes is 1. The maximum Gasteiger partial charge on any atom is 0.270 e. The monoisotopic (exact) mass is 543 g/mol. The predicted octanol–water partition coefficient (Wildman–Crippen LogP) is 5.56. The van der Waals surface area contributed by atoms with Crippen molar-refractivity contribution in [1.82, 2.24) is 20.2 Å². The quantitative estimate of drug-likeness (QED) is 0.265. The molecule has 4 aromatic rings. The highest BCUT2D eigenvalue weighted by molar-refractivity contribution is 5.93. The molecule has 0 aliphatic heterocycles. The van der Waals surface area contributed by atoms with E-state index in [2.05, 4.69) is 31.6 Å². The molecule has 0 aliphatic rings. The van der Waals surface area contributed by atoms with Crippen LogP contribution in [0.15, 0.2) is 54.9 Å². The zero-order chi connectivity index (χ0) is 29.0. The number of aromatic amines is 1. The summed E-state index contributed by atoms with van der Waals surface area (Å²) < 4.78 is 28.9. The van der Waals surface area contributed by atoms with Crippen LogP contribution in [0.4, 0.5) is 20.4 Å². The summed E-state index contributed by atoms with van der Waals surface area (Å²) in [6.45, 7) is 4.21. The molecule has 40 heavy (non-hydrogen) atoms. The van der Waals surface area contributed by atoms with Gasteiger partial charge in [-0.05, 0) is 47.0 Å². The summed E-state index contributed by atoms with van der Waals surface area (Å²) in [5.74, 6) is -2.73. The molecule has 0 atom stereocenters. The molecule has 0 bridgehead atoms. The number of carbonyl (C=O) groups is 2. The van der Waals surface area contributed by atoms with Crippen molar-refractivity contribution in [3.8, 4) is 28.6 Å². The van der Waals surface area contributed by atoms with E-state index >= 15 is 0 Å². The fraction of sp³-hybridized carbons (Fsp3) is 0.241. The van der Waals surface area contributed by atoms with E-state index in [0.29, 0.717) is 40.2 Å². The van der Waals surface area contributed by atoms with Gasteiger partial charge < -0.3 is 10.2 Å². The fourth-order valence-electron chi connectivity index (χ4n) is 4.22. The van der Waals surface area contributed by atoms with Crippen molar-refractivity contribution in [1.29, 1.82) is 5.26 Å². The maximum atomic E-state index is 14.5. The van der Waals surface area contributed by atoms with Crippen LogP contribution in [-0.2, 0) is 17.3 Å². The van der Waals surface area contributed by atoms with Gasteiger partial charge in [-0.25, -0.2) is 18.7 Å². The number of rotatable bonds is 9. The van der Waals surface area contributed by atoms with Crippen LogP contribution >= 0.6 is 0 Å². The van der Waals surface area contributed by atoms with Crippen molar-refractivity contribution < 1.29 is 18.4 Å². The summed E-state index contributed by atoms with van der Waals surface area (Å²) in [4.78, 5) is 34.8. The smallest absolute Gasteiger partial charge is 0.270 e. The van der Waals surface area contributed by atoms with E-state index < -0.39 is 5.92 Å². The van der Waals surface area contributed by atoms with E-state index in [0.717, 1.165) is 6.92 Å². The fourth-order valence-corrected chi connectivity index (χ4v) is 4.22. The summed E-state index contributed by atoms with van der Waals surface area (Å²) in [6.07, 6.45) is 1.91. The minimum Gasteiger partial charge on any atom is -0.355 e. The van der Waals surface area contributed by atoms with Crippen LogP contribution < -0.4 is 10.2 Å². The Morgan fingerprint density at radius 1 is 1.20 bits per heavy atom. The molecule has 2 aromatic carbocycles. The third-order valence-electron chi connectivity index (χ3n) is 6.32. The van der Waals surface area contributed by atoms with Gasteiger partial charge in [-0.2, -0.15) is 10.4 Å². The minimum atomic E-state index is -3.18. The highest BCUT2D eigenvalue weighted by Crippen LogP contribution is 2.36. The number of H-pyrrole nitrogens is 1. The van der Waals surface area contributed by atoms with Gasteiger partial charge in [-0.15, -0.1) is 0 Å². The van der Waals surface area contributed by atoms with E-state index in [1.165, 1.54) is 24.5 Å². The molecule has 4 rings (SSSR count). The van der Waals surface area contributed by atoms with E-state index in [1.807, 2.05) is 0 Å². The van der Waals surface area contributed by atoms with Gasteiger partial charge in [-0.3, -0.25) is 14.7 Å². The third kappa shape index (κ3) is 6.02. The molecule has 0 saturated heterocycles. The molecule has 0 saturated carbocycles. The Bertz CT molecular complexity index is 1590. The molecule has 2 aromatic heterocycles. The lowest BCUT2D eigenvalue weighted by Crippen LogP contribution is -2.24. The molecule has 11 heteroatoms. The number of halogens is 2. The molecule has 0 aliphatic carbocycles. The lowest BCUT2D eigenvalue weighted by Gasteiger charge is -2.24. The summed E-state index contributed by atoms with van der Waals surface area (Å²) in [5, 5.41) is 19.1. The average Bonchev–Trinajstić information content (AvgIpc) is 3.47. The summed E-state index contributed by atoms with van der Waals surface area (Å²) in [7, 11) is 1.66. The van der Waals surface area contributed by atoms with Gasteiger partial charge in [0.15, 0.2) is 5.82 Å². The first-order chi connectivity index (χ1) is 19.0. The minimum absolute atomic E-state index is 0.0606. The number of pyridine rings is 1. The Hall–Kier alpha value is -4.98. The van der Waals surface area contributed by atoms with Crippen LogP contribution in [-0.4, -0.2) is 39.4 Å². The van der Waals surface area contributed by atoms with E-state index in [9.17, 15) is 23.6 Å². The molecular weight excluding hydrogens is 516 g/mol. The Morgan fingerprint density at radius 3 is 2.60 bits per heavy atom. The van der Waals surface area contributed by atoms with E-state index in [4.69, 9.17) is 0 Å². The zero-order valence-corrected chi connectivity index (χ0v) is 22.4. The molecule has 204 valence electrons. The summed E-state index contributed by atoms with van der Waals surface area (Å²) >= 11 is 0. The molecule has 9 nitrogen and oxygen atoms in total. The van der Waals surface area contributed by atoms with Crippen molar-refractivity contribution in [2.75, 3.05) is 17.3 Å². The molecule has 2 N–H and O–H groups in total. The first-order valence-electron chi connectivity index (χ1n) is 12.4. The van der Waals surface area contributed by atoms with Gasteiger partial charge in [0.2, 0.25) is 5.91 Å². The molecule has 1 amide bonds. The maximum absolute atomic E-state index is 14.5. The molecule has 0 radical (unpaired) electrons. The molecule has 0 unspecified atom stereocenters. The highest BCUT2D eigenvalue weighted by Gasteiger charge is 2.29. The number of carbonyl (C=O) groups excluding carboxylic acids is 2. The van der Waals surface area contributed by atoms with Crippen molar-refractivity contribution in [2.45, 2.75) is 33.2 Å². The number of amides is 1. The molecule has 2 heterocycles. The number of hydrogen-bond donors (Lipinski definition) is 2. The average molecular weight is 544 g/mol. The van der Waals surface area contributed by atoms with Crippen molar-refractivity contribution in [2.24, 2.45) is 5.92 Å². The van der Waals surface area contributed by atoms with Gasteiger partial charge >= 0.3 is 0 Å². The lowest BCUT2D eigenvalue weighted by molar-refractivity contribution is -0.118. The first-order valence-corrected chi connectivity index (χ1v) is 12.4. The number of hydrogen-bond acceptors (Lipinski definition) is 7. The van der Waals surface area contributed by atoms with Gasteiger partial charge in [-0.1, -0.05) is 32.0 Å². The third-order valence-corrected chi connectivity index (χ3v) is 6.32. The SMILES string of the molecule is CC(C)C(=O)Nc1cc(-c2cc(C#N)ccc2-c2ncn[nH]2)cc(N(C)Cc2c(C=O)cccc2C(C)(F)F)n1. The lowest BCUT2D eigenvalue weighted by atomic mass is 9.96. The normalized spacial score (nSPS) is 11.2. The number of benzene rings is 2. The standard InChI is InChI=1S/C29H27F2N7O2/c1-17(2)28(40)36-25-11-20(22-10-18(13-32)8-9-21(22)27-33-16-34-37-27)12-26(35-25)38(4)14-23-19(15-39)6-5-7-24(23)29(3,30)31/h5-12,15-17H,14H2,1-4H3,(H,33,34,37)(H,35,36,40). The van der Waals surface area contributed by atoms with Crippen LogP contribution in [0.25, 0.3) is 22.5 Å². The first kappa shape index (κ1) is 28.0. The van der Waals surface area contributed by atoms with Crippen LogP contribution in [0.1, 0.15) is 47.8 Å². The van der Waals surface area contributed by atoms with Crippen LogP contribution in [0.5, 0.6) is 0 Å². The van der Waals surface area contributed by atoms with Gasteiger partial charge in [0.1, 0.15) is 24.2 Å². The molecule has 0 fully saturated rings. The number of anilines is 2. The van der Waals surface area contributed by atoms with Crippen molar-refractivity contribution >= 4 is 23.8 Å². The number of nitriles is 1. The van der Waals surface area contributed by atoms with Crippen LogP contribution in [0.3, 0.4) is 0 Å².